The molecule has 5 heteroatoms. The van der Waals surface area contributed by atoms with Crippen LogP contribution in [-0.2, 0) is 16.0 Å². The van der Waals surface area contributed by atoms with Crippen molar-refractivity contribution in [3.63, 3.8) is 0 Å². The summed E-state index contributed by atoms with van der Waals surface area (Å²) in [4.78, 5) is 33.5. The van der Waals surface area contributed by atoms with Crippen molar-refractivity contribution in [2.45, 2.75) is 39.0 Å². The maximum absolute atomic E-state index is 13.3. The number of benzene rings is 1. The van der Waals surface area contributed by atoms with Crippen LogP contribution in [0.4, 0.5) is 0 Å². The Bertz CT molecular complexity index is 850. The van der Waals surface area contributed by atoms with Gasteiger partial charge in [0.1, 0.15) is 0 Å². The van der Waals surface area contributed by atoms with Crippen LogP contribution in [0.1, 0.15) is 38.2 Å². The first kappa shape index (κ1) is 21.0. The number of carbonyl (C=O) groups excluding carboxylic acids is 2. The number of rotatable bonds is 6. The van der Waals surface area contributed by atoms with E-state index in [-0.39, 0.29) is 11.8 Å². The summed E-state index contributed by atoms with van der Waals surface area (Å²) in [6.45, 7) is 3.27. The molecule has 29 heavy (non-hydrogen) atoms. The lowest BCUT2D eigenvalue weighted by atomic mass is 9.73. The minimum absolute atomic E-state index is 0.112. The van der Waals surface area contributed by atoms with Gasteiger partial charge in [-0.15, -0.1) is 0 Å². The fourth-order valence-electron chi connectivity index (χ4n) is 4.38. The van der Waals surface area contributed by atoms with E-state index >= 15 is 0 Å². The molecule has 1 fully saturated rings. The fraction of sp³-hybridized carbons (Fsp3) is 0.458. The number of nitrogens with zero attached hydrogens (tertiary/aromatic N) is 3. The zero-order valence-corrected chi connectivity index (χ0v) is 17.7. The molecule has 0 radical (unpaired) electrons. The van der Waals surface area contributed by atoms with Gasteiger partial charge >= 0.3 is 0 Å². The Morgan fingerprint density at radius 2 is 1.90 bits per heavy atom. The van der Waals surface area contributed by atoms with Gasteiger partial charge in [-0.25, -0.2) is 0 Å². The highest BCUT2D eigenvalue weighted by molar-refractivity contribution is 5.85. The van der Waals surface area contributed by atoms with Gasteiger partial charge in [0, 0.05) is 46.0 Å². The molecule has 1 aromatic heterocycles. The van der Waals surface area contributed by atoms with E-state index in [1.54, 1.807) is 17.3 Å². The van der Waals surface area contributed by atoms with Crippen LogP contribution in [-0.4, -0.2) is 53.8 Å². The lowest BCUT2D eigenvalue weighted by Crippen LogP contribution is -2.54. The highest BCUT2D eigenvalue weighted by atomic mass is 16.2. The maximum Gasteiger partial charge on any atom is 0.230 e. The number of pyridine rings is 1. The van der Waals surface area contributed by atoms with Gasteiger partial charge in [-0.2, -0.15) is 0 Å². The van der Waals surface area contributed by atoms with Crippen LogP contribution in [0.3, 0.4) is 0 Å². The third kappa shape index (κ3) is 4.84. The van der Waals surface area contributed by atoms with Gasteiger partial charge in [-0.3, -0.25) is 14.6 Å². The molecule has 2 heterocycles. The van der Waals surface area contributed by atoms with E-state index < -0.39 is 5.41 Å². The van der Waals surface area contributed by atoms with E-state index in [0.29, 0.717) is 19.4 Å². The molecule has 0 aliphatic carbocycles. The molecule has 1 aromatic carbocycles. The van der Waals surface area contributed by atoms with Crippen molar-refractivity contribution in [1.82, 2.24) is 14.8 Å². The summed E-state index contributed by atoms with van der Waals surface area (Å²) in [5.41, 5.74) is 2.78. The molecule has 3 rings (SSSR count). The molecule has 1 aliphatic rings. The van der Waals surface area contributed by atoms with Crippen molar-refractivity contribution in [3.05, 3.63) is 54.4 Å². The topological polar surface area (TPSA) is 53.5 Å². The third-order valence-corrected chi connectivity index (χ3v) is 5.74. The van der Waals surface area contributed by atoms with Gasteiger partial charge in [0.05, 0.1) is 5.41 Å². The minimum atomic E-state index is -0.567. The Hall–Kier alpha value is -2.69. The number of likely N-dealkylation sites (tertiary alicyclic amines) is 1. The van der Waals surface area contributed by atoms with Crippen molar-refractivity contribution in [2.24, 2.45) is 5.41 Å². The van der Waals surface area contributed by atoms with E-state index in [9.17, 15) is 9.59 Å². The Balaban J connectivity index is 1.90. The van der Waals surface area contributed by atoms with E-state index in [1.807, 2.05) is 44.1 Å². The summed E-state index contributed by atoms with van der Waals surface area (Å²) in [5, 5.41) is 0. The van der Waals surface area contributed by atoms with Crippen LogP contribution in [0.5, 0.6) is 0 Å². The first-order valence-electron chi connectivity index (χ1n) is 10.4. The molecule has 5 nitrogen and oxygen atoms in total. The average Bonchev–Trinajstić information content (AvgIpc) is 2.74. The molecule has 1 atom stereocenters. The summed E-state index contributed by atoms with van der Waals surface area (Å²) < 4.78 is 0. The fourth-order valence-corrected chi connectivity index (χ4v) is 4.38. The zero-order valence-electron chi connectivity index (χ0n) is 17.7. The summed E-state index contributed by atoms with van der Waals surface area (Å²) in [5.74, 6) is 0.273. The van der Waals surface area contributed by atoms with Crippen LogP contribution in [0.25, 0.3) is 11.1 Å². The third-order valence-electron chi connectivity index (χ3n) is 5.74. The predicted octanol–water partition coefficient (Wildman–Crippen LogP) is 3.79. The van der Waals surface area contributed by atoms with Gasteiger partial charge in [0.15, 0.2) is 0 Å². The number of hydrogen-bond donors (Lipinski definition) is 0. The Morgan fingerprint density at radius 3 is 2.59 bits per heavy atom. The van der Waals surface area contributed by atoms with Crippen LogP contribution < -0.4 is 0 Å². The molecule has 154 valence electrons. The first-order chi connectivity index (χ1) is 13.9. The second-order valence-corrected chi connectivity index (χ2v) is 8.26. The maximum atomic E-state index is 13.3. The minimum Gasteiger partial charge on any atom is -0.348 e. The first-order valence-corrected chi connectivity index (χ1v) is 10.4. The van der Waals surface area contributed by atoms with Gasteiger partial charge in [-0.05, 0) is 54.5 Å². The van der Waals surface area contributed by atoms with E-state index in [4.69, 9.17) is 0 Å². The monoisotopic (exact) mass is 393 g/mol. The van der Waals surface area contributed by atoms with E-state index in [1.165, 1.54) is 0 Å². The van der Waals surface area contributed by atoms with Gasteiger partial charge in [0.2, 0.25) is 11.8 Å². The molecular formula is C24H31N3O2. The van der Waals surface area contributed by atoms with Gasteiger partial charge < -0.3 is 9.80 Å². The average molecular weight is 394 g/mol. The summed E-state index contributed by atoms with van der Waals surface area (Å²) in [6.07, 6.45) is 7.26. The molecule has 2 amide bonds. The zero-order chi connectivity index (χ0) is 20.9. The summed E-state index contributed by atoms with van der Waals surface area (Å²) in [7, 11) is 3.62. The van der Waals surface area contributed by atoms with Crippen LogP contribution in [0, 0.1) is 5.41 Å². The SMILES string of the molecule is CCCC(=O)N1CCCC(Cc2cccc(-c3ccncc3)c2)(C(=O)N(C)C)C1. The number of aromatic nitrogens is 1. The molecule has 2 aromatic rings. The van der Waals surface area contributed by atoms with E-state index in [2.05, 4.69) is 23.2 Å². The van der Waals surface area contributed by atoms with Gasteiger partial charge in [0.25, 0.3) is 0 Å². The van der Waals surface area contributed by atoms with Crippen molar-refractivity contribution in [1.29, 1.82) is 0 Å². The number of piperidine rings is 1. The summed E-state index contributed by atoms with van der Waals surface area (Å²) >= 11 is 0. The molecule has 0 saturated carbocycles. The highest BCUT2D eigenvalue weighted by Gasteiger charge is 2.44. The highest BCUT2D eigenvalue weighted by Crippen LogP contribution is 2.36. The smallest absolute Gasteiger partial charge is 0.230 e. The predicted molar refractivity (Wildman–Crippen MR) is 115 cm³/mol. The van der Waals surface area contributed by atoms with Crippen LogP contribution in [0.2, 0.25) is 0 Å². The van der Waals surface area contributed by atoms with Crippen LogP contribution in [0.15, 0.2) is 48.8 Å². The Labute approximate surface area is 173 Å². The normalized spacial score (nSPS) is 19.1. The van der Waals surface area contributed by atoms with E-state index in [0.717, 1.165) is 42.5 Å². The standard InChI is InChI=1S/C24H31N3O2/c1-4-7-22(28)27-15-6-12-24(18-27,23(29)26(2)3)17-19-8-5-9-21(16-19)20-10-13-25-14-11-20/h5,8-11,13-14,16H,4,6-7,12,15,17-18H2,1-3H3. The lowest BCUT2D eigenvalue weighted by molar-refractivity contribution is -0.147. The molecule has 0 N–H and O–H groups in total. The van der Waals surface area contributed by atoms with Crippen LogP contribution >= 0.6 is 0 Å². The molecule has 0 bridgehead atoms. The summed E-state index contributed by atoms with van der Waals surface area (Å²) in [6, 6.07) is 12.4. The number of hydrogen-bond acceptors (Lipinski definition) is 3. The second-order valence-electron chi connectivity index (χ2n) is 8.26. The molecule has 1 aliphatic heterocycles. The molecular weight excluding hydrogens is 362 g/mol. The van der Waals surface area contributed by atoms with Gasteiger partial charge in [-0.1, -0.05) is 31.2 Å². The largest absolute Gasteiger partial charge is 0.348 e. The molecule has 1 saturated heterocycles. The van der Waals surface area contributed by atoms with Crippen molar-refractivity contribution in [3.8, 4) is 11.1 Å². The lowest BCUT2D eigenvalue weighted by Gasteiger charge is -2.43. The number of carbonyl (C=O) groups is 2. The molecule has 1 unspecified atom stereocenters. The second kappa shape index (κ2) is 9.21. The Morgan fingerprint density at radius 1 is 1.14 bits per heavy atom. The quantitative estimate of drug-likeness (QED) is 0.750. The van der Waals surface area contributed by atoms with Crippen molar-refractivity contribution < 1.29 is 9.59 Å². The molecule has 0 spiro atoms. The number of amides is 2. The van der Waals surface area contributed by atoms with Crippen molar-refractivity contribution in [2.75, 3.05) is 27.2 Å². The Kier molecular flexibility index (Phi) is 6.68. The van der Waals surface area contributed by atoms with Crippen molar-refractivity contribution >= 4 is 11.8 Å².